The molecule has 1 atom stereocenters. The largest absolute Gasteiger partial charge is 0.368 e. The van der Waals surface area contributed by atoms with Gasteiger partial charge in [-0.1, -0.05) is 25.6 Å². The highest BCUT2D eigenvalue weighted by molar-refractivity contribution is 7.99. The van der Waals surface area contributed by atoms with E-state index in [1.165, 1.54) is 11.8 Å². The number of carbonyl (C=O) groups excluding carboxylic acids is 1. The van der Waals surface area contributed by atoms with Crippen molar-refractivity contribution < 1.29 is 4.79 Å². The summed E-state index contributed by atoms with van der Waals surface area (Å²) in [6.07, 6.45) is 0. The van der Waals surface area contributed by atoms with Crippen molar-refractivity contribution >= 4 is 17.7 Å². The van der Waals surface area contributed by atoms with Crippen molar-refractivity contribution in [1.82, 2.24) is 15.3 Å². The third kappa shape index (κ3) is 5.01. The van der Waals surface area contributed by atoms with Crippen LogP contribution in [0.5, 0.6) is 0 Å². The average Bonchev–Trinajstić information content (AvgIpc) is 2.21. The molecule has 0 bridgehead atoms. The van der Waals surface area contributed by atoms with E-state index in [4.69, 9.17) is 5.73 Å². The molecule has 3 N–H and O–H groups in total. The predicted octanol–water partition coefficient (Wildman–Crippen LogP) is 1.04. The fourth-order valence-electron chi connectivity index (χ4n) is 1.53. The number of aromatic nitrogens is 2. The Morgan fingerprint density at radius 1 is 1.39 bits per heavy atom. The number of hydrogen-bond acceptors (Lipinski definition) is 5. The number of nitrogens with two attached hydrogens (primary N) is 1. The second-order valence-electron chi connectivity index (χ2n) is 4.52. The molecule has 0 spiro atoms. The van der Waals surface area contributed by atoms with E-state index in [1.807, 2.05) is 33.8 Å². The molecule has 0 aromatic carbocycles. The van der Waals surface area contributed by atoms with Gasteiger partial charge in [-0.2, -0.15) is 0 Å². The lowest BCUT2D eigenvalue weighted by Gasteiger charge is -2.17. The van der Waals surface area contributed by atoms with E-state index < -0.39 is 0 Å². The van der Waals surface area contributed by atoms with Crippen LogP contribution in [0.15, 0.2) is 11.2 Å². The van der Waals surface area contributed by atoms with E-state index in [0.29, 0.717) is 10.9 Å². The van der Waals surface area contributed by atoms with E-state index in [0.717, 1.165) is 11.4 Å². The molecule has 0 fully saturated rings. The van der Waals surface area contributed by atoms with Gasteiger partial charge < -0.3 is 11.1 Å². The molecule has 0 aliphatic rings. The SMILES string of the molecule is Cc1cc(C)nc(SCC(NC(C)C)C(N)=O)n1. The fraction of sp³-hybridized carbons (Fsp3) is 0.583. The lowest BCUT2D eigenvalue weighted by atomic mass is 10.3. The van der Waals surface area contributed by atoms with Crippen LogP contribution in [0.2, 0.25) is 0 Å². The summed E-state index contributed by atoms with van der Waals surface area (Å²) < 4.78 is 0. The second kappa shape index (κ2) is 6.70. The van der Waals surface area contributed by atoms with Gasteiger partial charge >= 0.3 is 0 Å². The number of nitrogens with zero attached hydrogens (tertiary/aromatic N) is 2. The summed E-state index contributed by atoms with van der Waals surface area (Å²) in [6, 6.07) is 1.77. The van der Waals surface area contributed by atoms with Gasteiger partial charge in [0.05, 0.1) is 6.04 Å². The first kappa shape index (κ1) is 14.9. The van der Waals surface area contributed by atoms with Crippen LogP contribution in [0.25, 0.3) is 0 Å². The summed E-state index contributed by atoms with van der Waals surface area (Å²) in [5, 5.41) is 3.81. The molecule has 1 unspecified atom stereocenters. The van der Waals surface area contributed by atoms with Gasteiger partial charge in [-0.25, -0.2) is 9.97 Å². The molecule has 18 heavy (non-hydrogen) atoms. The van der Waals surface area contributed by atoms with Gasteiger partial charge in [-0.05, 0) is 19.9 Å². The number of hydrogen-bond donors (Lipinski definition) is 2. The zero-order valence-electron chi connectivity index (χ0n) is 11.2. The molecule has 1 aromatic rings. The lowest BCUT2D eigenvalue weighted by Crippen LogP contribution is -2.46. The molecule has 0 saturated heterocycles. The average molecular weight is 268 g/mol. The van der Waals surface area contributed by atoms with Crippen molar-refractivity contribution in [1.29, 1.82) is 0 Å². The van der Waals surface area contributed by atoms with Crippen molar-refractivity contribution in [3.05, 3.63) is 17.5 Å². The van der Waals surface area contributed by atoms with Crippen LogP contribution >= 0.6 is 11.8 Å². The maximum absolute atomic E-state index is 11.3. The van der Waals surface area contributed by atoms with Gasteiger partial charge in [0.1, 0.15) is 0 Å². The van der Waals surface area contributed by atoms with Crippen molar-refractivity contribution in [2.24, 2.45) is 5.73 Å². The minimum atomic E-state index is -0.362. The first-order chi connectivity index (χ1) is 8.38. The third-order valence-electron chi connectivity index (χ3n) is 2.22. The maximum atomic E-state index is 11.3. The Labute approximate surface area is 112 Å². The van der Waals surface area contributed by atoms with Crippen molar-refractivity contribution in [3.8, 4) is 0 Å². The highest BCUT2D eigenvalue weighted by Gasteiger charge is 2.17. The van der Waals surface area contributed by atoms with E-state index in [-0.39, 0.29) is 18.0 Å². The Balaban J connectivity index is 2.63. The molecule has 1 heterocycles. The van der Waals surface area contributed by atoms with Gasteiger partial charge in [-0.15, -0.1) is 0 Å². The number of amides is 1. The number of primary amides is 1. The summed E-state index contributed by atoms with van der Waals surface area (Å²) in [7, 11) is 0. The van der Waals surface area contributed by atoms with Crippen LogP contribution in [-0.2, 0) is 4.79 Å². The molecule has 5 nitrogen and oxygen atoms in total. The number of rotatable bonds is 6. The number of carbonyl (C=O) groups is 1. The first-order valence-corrected chi connectivity index (χ1v) is 6.87. The smallest absolute Gasteiger partial charge is 0.235 e. The Morgan fingerprint density at radius 3 is 2.39 bits per heavy atom. The number of aryl methyl sites for hydroxylation is 2. The summed E-state index contributed by atoms with van der Waals surface area (Å²) in [5.41, 5.74) is 7.21. The minimum absolute atomic E-state index is 0.211. The molecule has 1 rings (SSSR count). The van der Waals surface area contributed by atoms with Gasteiger partial charge in [0.2, 0.25) is 5.91 Å². The molecule has 1 amide bonds. The van der Waals surface area contributed by atoms with Crippen LogP contribution in [0.1, 0.15) is 25.2 Å². The maximum Gasteiger partial charge on any atom is 0.235 e. The van der Waals surface area contributed by atoms with Crippen LogP contribution in [0.3, 0.4) is 0 Å². The lowest BCUT2D eigenvalue weighted by molar-refractivity contribution is -0.119. The summed E-state index contributed by atoms with van der Waals surface area (Å²) in [4.78, 5) is 19.9. The molecule has 0 aliphatic heterocycles. The summed E-state index contributed by atoms with van der Waals surface area (Å²) in [5.74, 6) is 0.191. The van der Waals surface area contributed by atoms with Crippen LogP contribution in [0, 0.1) is 13.8 Å². The number of nitrogens with one attached hydrogen (secondary N) is 1. The molecule has 6 heteroatoms. The second-order valence-corrected chi connectivity index (χ2v) is 5.51. The molecular weight excluding hydrogens is 248 g/mol. The Bertz CT molecular complexity index is 402. The Morgan fingerprint density at radius 2 is 1.94 bits per heavy atom. The van der Waals surface area contributed by atoms with Crippen molar-refractivity contribution in [2.75, 3.05) is 5.75 Å². The van der Waals surface area contributed by atoms with Crippen LogP contribution in [-0.4, -0.2) is 33.7 Å². The highest BCUT2D eigenvalue weighted by Crippen LogP contribution is 2.15. The van der Waals surface area contributed by atoms with E-state index >= 15 is 0 Å². The van der Waals surface area contributed by atoms with Crippen LogP contribution < -0.4 is 11.1 Å². The van der Waals surface area contributed by atoms with Crippen molar-refractivity contribution in [2.45, 2.75) is 44.9 Å². The van der Waals surface area contributed by atoms with Gasteiger partial charge in [0.15, 0.2) is 5.16 Å². The minimum Gasteiger partial charge on any atom is -0.368 e. The first-order valence-electron chi connectivity index (χ1n) is 5.89. The Kier molecular flexibility index (Phi) is 5.55. The topological polar surface area (TPSA) is 80.9 Å². The summed E-state index contributed by atoms with van der Waals surface area (Å²) in [6.45, 7) is 7.81. The fourth-order valence-corrected chi connectivity index (χ4v) is 2.52. The summed E-state index contributed by atoms with van der Waals surface area (Å²) >= 11 is 1.44. The van der Waals surface area contributed by atoms with Gasteiger partial charge in [0.25, 0.3) is 0 Å². The van der Waals surface area contributed by atoms with Crippen molar-refractivity contribution in [3.63, 3.8) is 0 Å². The number of thioether (sulfide) groups is 1. The Hall–Kier alpha value is -1.14. The third-order valence-corrected chi connectivity index (χ3v) is 3.16. The molecule has 0 saturated carbocycles. The zero-order valence-corrected chi connectivity index (χ0v) is 12.0. The molecule has 0 radical (unpaired) electrons. The van der Waals surface area contributed by atoms with Gasteiger partial charge in [0, 0.05) is 23.2 Å². The van der Waals surface area contributed by atoms with Crippen LogP contribution in [0.4, 0.5) is 0 Å². The normalized spacial score (nSPS) is 12.7. The van der Waals surface area contributed by atoms with Gasteiger partial charge in [-0.3, -0.25) is 4.79 Å². The highest BCUT2D eigenvalue weighted by atomic mass is 32.2. The molecular formula is C12H20N4OS. The van der Waals surface area contributed by atoms with E-state index in [2.05, 4.69) is 15.3 Å². The quantitative estimate of drug-likeness (QED) is 0.595. The molecule has 1 aromatic heterocycles. The standard InChI is InChI=1S/C12H20N4OS/c1-7(2)14-10(11(13)17)6-18-12-15-8(3)5-9(4)16-12/h5,7,10,14H,6H2,1-4H3,(H2,13,17). The molecule has 0 aliphatic carbocycles. The monoisotopic (exact) mass is 268 g/mol. The van der Waals surface area contributed by atoms with E-state index in [9.17, 15) is 4.79 Å². The van der Waals surface area contributed by atoms with E-state index in [1.54, 1.807) is 0 Å². The molecule has 100 valence electrons. The predicted molar refractivity (Wildman–Crippen MR) is 73.5 cm³/mol. The zero-order chi connectivity index (χ0) is 13.7.